The molecule has 0 N–H and O–H groups in total. The topological polar surface area (TPSA) is 17.1 Å². The number of halogens is 3. The van der Waals surface area contributed by atoms with Crippen molar-refractivity contribution in [2.24, 2.45) is 5.92 Å². The van der Waals surface area contributed by atoms with E-state index in [1.54, 1.807) is 0 Å². The molecule has 0 amide bonds. The summed E-state index contributed by atoms with van der Waals surface area (Å²) in [6.07, 6.45) is 3.20. The summed E-state index contributed by atoms with van der Waals surface area (Å²) in [5.41, 5.74) is 0. The molecule has 0 aliphatic heterocycles. The van der Waals surface area contributed by atoms with E-state index in [2.05, 4.69) is 6.92 Å². The number of hydrogen-bond donors (Lipinski definition) is 0. The van der Waals surface area contributed by atoms with Gasteiger partial charge in [-0.05, 0) is 13.3 Å². The molecule has 0 unspecified atom stereocenters. The summed E-state index contributed by atoms with van der Waals surface area (Å²) in [6, 6.07) is 0. The fourth-order valence-corrected chi connectivity index (χ4v) is 1.74. The zero-order valence-electron chi connectivity index (χ0n) is 7.95. The predicted octanol–water partition coefficient (Wildman–Crippen LogP) is 4.14. The molecule has 78 valence electrons. The van der Waals surface area contributed by atoms with Gasteiger partial charge in [0.2, 0.25) is 0 Å². The van der Waals surface area contributed by atoms with E-state index in [1.807, 2.05) is 0 Å². The van der Waals surface area contributed by atoms with Gasteiger partial charge in [0.15, 0.2) is 3.79 Å². The van der Waals surface area contributed by atoms with Crippen LogP contribution in [0.15, 0.2) is 0 Å². The Morgan fingerprint density at radius 2 is 1.92 bits per heavy atom. The molecule has 4 heteroatoms. The van der Waals surface area contributed by atoms with Gasteiger partial charge in [0, 0.05) is 12.3 Å². The van der Waals surface area contributed by atoms with Crippen LogP contribution in [-0.2, 0) is 4.79 Å². The number of carbonyl (C=O) groups excluding carboxylic acids is 1. The van der Waals surface area contributed by atoms with Crippen LogP contribution in [0.5, 0.6) is 0 Å². The van der Waals surface area contributed by atoms with Crippen LogP contribution in [0.1, 0.15) is 39.5 Å². The zero-order valence-corrected chi connectivity index (χ0v) is 10.2. The number of unbranched alkanes of at least 4 members (excludes halogenated alkanes) is 1. The van der Waals surface area contributed by atoms with E-state index in [-0.39, 0.29) is 11.7 Å². The van der Waals surface area contributed by atoms with E-state index in [0.717, 1.165) is 19.3 Å². The molecule has 0 radical (unpaired) electrons. The molecule has 0 rings (SSSR count). The van der Waals surface area contributed by atoms with Crippen molar-refractivity contribution in [1.29, 1.82) is 0 Å². The van der Waals surface area contributed by atoms with Crippen molar-refractivity contribution < 1.29 is 4.79 Å². The second kappa shape index (κ2) is 6.10. The third-order valence-electron chi connectivity index (χ3n) is 1.90. The van der Waals surface area contributed by atoms with Crippen LogP contribution < -0.4 is 0 Å². The van der Waals surface area contributed by atoms with Crippen molar-refractivity contribution in [3.05, 3.63) is 0 Å². The van der Waals surface area contributed by atoms with Gasteiger partial charge in [0.25, 0.3) is 0 Å². The first-order chi connectivity index (χ1) is 5.88. The van der Waals surface area contributed by atoms with E-state index in [0.29, 0.717) is 6.42 Å². The van der Waals surface area contributed by atoms with E-state index >= 15 is 0 Å². The molecule has 0 aliphatic carbocycles. The van der Waals surface area contributed by atoms with E-state index in [1.165, 1.54) is 6.92 Å². The minimum atomic E-state index is -1.30. The quantitative estimate of drug-likeness (QED) is 0.665. The molecule has 0 aliphatic rings. The Morgan fingerprint density at radius 3 is 2.23 bits per heavy atom. The summed E-state index contributed by atoms with van der Waals surface area (Å²) in [5.74, 6) is -0.0672. The highest BCUT2D eigenvalue weighted by Crippen LogP contribution is 2.39. The van der Waals surface area contributed by atoms with Gasteiger partial charge in [0.1, 0.15) is 5.78 Å². The number of Topliss-reactive ketones (excluding diaryl/α,β-unsaturated/α-hetero) is 1. The van der Waals surface area contributed by atoms with Crippen LogP contribution in [-0.4, -0.2) is 9.58 Å². The van der Waals surface area contributed by atoms with Gasteiger partial charge >= 0.3 is 0 Å². The molecule has 1 atom stereocenters. The molecule has 0 bridgehead atoms. The summed E-state index contributed by atoms with van der Waals surface area (Å²) in [4.78, 5) is 10.9. The first kappa shape index (κ1) is 13.5. The molecule has 0 heterocycles. The molecule has 1 nitrogen and oxygen atoms in total. The van der Waals surface area contributed by atoms with Crippen molar-refractivity contribution in [3.8, 4) is 0 Å². The fraction of sp³-hybridized carbons (Fsp3) is 0.889. The van der Waals surface area contributed by atoms with E-state index < -0.39 is 3.79 Å². The van der Waals surface area contributed by atoms with Gasteiger partial charge in [0.05, 0.1) is 0 Å². The minimum Gasteiger partial charge on any atom is -0.300 e. The fourth-order valence-electron chi connectivity index (χ4n) is 1.18. The van der Waals surface area contributed by atoms with Gasteiger partial charge in [-0.2, -0.15) is 0 Å². The van der Waals surface area contributed by atoms with Gasteiger partial charge < -0.3 is 4.79 Å². The first-order valence-electron chi connectivity index (χ1n) is 4.44. The maximum Gasteiger partial charge on any atom is 0.193 e. The van der Waals surface area contributed by atoms with E-state index in [4.69, 9.17) is 34.8 Å². The number of rotatable bonds is 5. The lowest BCUT2D eigenvalue weighted by Crippen LogP contribution is -2.21. The summed E-state index contributed by atoms with van der Waals surface area (Å²) >= 11 is 17.3. The summed E-state index contributed by atoms with van der Waals surface area (Å²) in [7, 11) is 0. The molecule has 0 fully saturated rings. The van der Waals surface area contributed by atoms with Crippen LogP contribution >= 0.6 is 34.8 Å². The molecule has 13 heavy (non-hydrogen) atoms. The molecule has 0 aromatic rings. The van der Waals surface area contributed by atoms with Gasteiger partial charge in [-0.25, -0.2) is 0 Å². The van der Waals surface area contributed by atoms with Gasteiger partial charge in [-0.3, -0.25) is 0 Å². The zero-order chi connectivity index (χ0) is 10.5. The molecular weight excluding hydrogens is 230 g/mol. The molecule has 0 saturated carbocycles. The predicted molar refractivity (Wildman–Crippen MR) is 58.6 cm³/mol. The Balaban J connectivity index is 4.11. The number of alkyl halides is 3. The largest absolute Gasteiger partial charge is 0.300 e. The Labute approximate surface area is 94.7 Å². The lowest BCUT2D eigenvalue weighted by molar-refractivity contribution is -0.117. The van der Waals surface area contributed by atoms with Crippen LogP contribution in [0.2, 0.25) is 0 Å². The highest BCUT2D eigenvalue weighted by atomic mass is 35.6. The molecule has 0 aromatic carbocycles. The van der Waals surface area contributed by atoms with Crippen molar-refractivity contribution in [2.75, 3.05) is 0 Å². The van der Waals surface area contributed by atoms with Crippen LogP contribution in [0.4, 0.5) is 0 Å². The minimum absolute atomic E-state index is 0.0763. The Bertz CT molecular complexity index is 163. The maximum atomic E-state index is 10.9. The average Bonchev–Trinajstić information content (AvgIpc) is 1.95. The van der Waals surface area contributed by atoms with Crippen molar-refractivity contribution in [1.82, 2.24) is 0 Å². The summed E-state index contributed by atoms with van der Waals surface area (Å²) < 4.78 is -1.30. The molecule has 0 aromatic heterocycles. The standard InChI is InChI=1S/C9H15Cl3O/c1-3-4-5-8(6-7(2)13)9(10,11)12/h8H,3-6H2,1-2H3/t8-/m1/s1. The molecule has 0 saturated heterocycles. The van der Waals surface area contributed by atoms with Crippen LogP contribution in [0, 0.1) is 5.92 Å². The lowest BCUT2D eigenvalue weighted by Gasteiger charge is -2.22. The molecular formula is C9H15Cl3O. The summed E-state index contributed by atoms with van der Waals surface area (Å²) in [6.45, 7) is 3.60. The smallest absolute Gasteiger partial charge is 0.193 e. The average molecular weight is 246 g/mol. The lowest BCUT2D eigenvalue weighted by atomic mass is 9.98. The van der Waals surface area contributed by atoms with Crippen molar-refractivity contribution in [3.63, 3.8) is 0 Å². The normalized spacial score (nSPS) is 14.2. The van der Waals surface area contributed by atoms with E-state index in [9.17, 15) is 4.79 Å². The second-order valence-electron chi connectivity index (χ2n) is 3.29. The first-order valence-corrected chi connectivity index (χ1v) is 5.57. The van der Waals surface area contributed by atoms with Crippen LogP contribution in [0.25, 0.3) is 0 Å². The highest BCUT2D eigenvalue weighted by Gasteiger charge is 2.32. The number of hydrogen-bond acceptors (Lipinski definition) is 1. The maximum absolute atomic E-state index is 10.9. The van der Waals surface area contributed by atoms with Gasteiger partial charge in [-0.1, -0.05) is 54.6 Å². The van der Waals surface area contributed by atoms with Crippen molar-refractivity contribution in [2.45, 2.75) is 43.3 Å². The number of carbonyl (C=O) groups is 1. The SMILES string of the molecule is CCCC[C@H](CC(C)=O)C(Cl)(Cl)Cl. The van der Waals surface area contributed by atoms with Gasteiger partial charge in [-0.15, -0.1) is 0 Å². The summed E-state index contributed by atoms with van der Waals surface area (Å²) in [5, 5.41) is 0. The second-order valence-corrected chi connectivity index (χ2v) is 5.66. The highest BCUT2D eigenvalue weighted by molar-refractivity contribution is 6.67. The Hall–Kier alpha value is 0.540. The van der Waals surface area contributed by atoms with Crippen molar-refractivity contribution >= 4 is 40.6 Å². The Morgan fingerprint density at radius 1 is 1.38 bits per heavy atom. The number of ketones is 1. The third kappa shape index (κ3) is 6.59. The third-order valence-corrected chi connectivity index (χ3v) is 2.83. The Kier molecular flexibility index (Phi) is 6.36. The van der Waals surface area contributed by atoms with Crippen LogP contribution in [0.3, 0.4) is 0 Å². The molecule has 0 spiro atoms. The monoisotopic (exact) mass is 244 g/mol.